The van der Waals surface area contributed by atoms with Crippen molar-refractivity contribution in [1.29, 1.82) is 0 Å². The van der Waals surface area contributed by atoms with Crippen LogP contribution in [-0.2, 0) is 11.8 Å². The Bertz CT molecular complexity index is 550. The lowest BCUT2D eigenvalue weighted by Crippen LogP contribution is -2.51. The minimum atomic E-state index is -4.36. The van der Waals surface area contributed by atoms with Crippen molar-refractivity contribution in [3.63, 3.8) is 0 Å². The second-order valence-corrected chi connectivity index (χ2v) is 7.06. The molecular formula is C18H24F3NO2. The first kappa shape index (κ1) is 17.7. The standard InChI is InChI=1S/C18H24F3NO2/c19-18(20,21)14-7-5-13(6-8-14)17(24)9-11-22(12-10-17)15-3-1-2-4-16(15)23/h5-8,15-16,23-24H,1-4,9-12H2. The van der Waals surface area contributed by atoms with E-state index in [2.05, 4.69) is 4.90 Å². The van der Waals surface area contributed by atoms with Crippen LogP contribution in [0, 0.1) is 0 Å². The van der Waals surface area contributed by atoms with E-state index in [1.165, 1.54) is 12.1 Å². The Hall–Kier alpha value is -1.11. The largest absolute Gasteiger partial charge is 0.416 e. The predicted octanol–water partition coefficient (Wildman–Crippen LogP) is 3.29. The lowest BCUT2D eigenvalue weighted by molar-refractivity contribution is -0.137. The molecule has 1 aromatic rings. The Morgan fingerprint density at radius 1 is 1.00 bits per heavy atom. The van der Waals surface area contributed by atoms with Crippen LogP contribution in [-0.4, -0.2) is 40.3 Å². The molecule has 0 spiro atoms. The summed E-state index contributed by atoms with van der Waals surface area (Å²) in [7, 11) is 0. The number of piperidine rings is 1. The van der Waals surface area contributed by atoms with E-state index in [0.29, 0.717) is 31.5 Å². The molecule has 0 bridgehead atoms. The van der Waals surface area contributed by atoms with E-state index >= 15 is 0 Å². The topological polar surface area (TPSA) is 43.7 Å². The van der Waals surface area contributed by atoms with E-state index in [1.54, 1.807) is 0 Å². The van der Waals surface area contributed by atoms with Gasteiger partial charge < -0.3 is 10.2 Å². The summed E-state index contributed by atoms with van der Waals surface area (Å²) in [6.45, 7) is 1.30. The number of hydrogen-bond acceptors (Lipinski definition) is 3. The van der Waals surface area contributed by atoms with Crippen molar-refractivity contribution in [3.05, 3.63) is 35.4 Å². The van der Waals surface area contributed by atoms with Crippen molar-refractivity contribution in [1.82, 2.24) is 4.90 Å². The van der Waals surface area contributed by atoms with Crippen LogP contribution in [0.15, 0.2) is 24.3 Å². The number of benzene rings is 1. The summed E-state index contributed by atoms with van der Waals surface area (Å²) >= 11 is 0. The Balaban J connectivity index is 1.66. The summed E-state index contributed by atoms with van der Waals surface area (Å²) in [5.41, 5.74) is -1.24. The number of alkyl halides is 3. The number of likely N-dealkylation sites (tertiary alicyclic amines) is 1. The van der Waals surface area contributed by atoms with Gasteiger partial charge in [-0.1, -0.05) is 25.0 Å². The Morgan fingerprint density at radius 3 is 2.12 bits per heavy atom. The summed E-state index contributed by atoms with van der Waals surface area (Å²) in [4.78, 5) is 2.22. The van der Waals surface area contributed by atoms with Crippen LogP contribution < -0.4 is 0 Å². The van der Waals surface area contributed by atoms with Gasteiger partial charge in [-0.15, -0.1) is 0 Å². The third-order valence-electron chi connectivity index (χ3n) is 5.54. The van der Waals surface area contributed by atoms with Gasteiger partial charge in [-0.25, -0.2) is 0 Å². The smallest absolute Gasteiger partial charge is 0.391 e. The number of nitrogens with zero attached hydrogens (tertiary/aromatic N) is 1. The van der Waals surface area contributed by atoms with Gasteiger partial charge in [0.15, 0.2) is 0 Å². The van der Waals surface area contributed by atoms with Crippen molar-refractivity contribution in [3.8, 4) is 0 Å². The molecule has 2 atom stereocenters. The quantitative estimate of drug-likeness (QED) is 0.866. The maximum Gasteiger partial charge on any atom is 0.416 e. The molecule has 3 nitrogen and oxygen atoms in total. The Morgan fingerprint density at radius 2 is 1.58 bits per heavy atom. The van der Waals surface area contributed by atoms with Crippen LogP contribution in [0.2, 0.25) is 0 Å². The van der Waals surface area contributed by atoms with Crippen molar-refractivity contribution < 1.29 is 23.4 Å². The van der Waals surface area contributed by atoms with E-state index < -0.39 is 17.3 Å². The van der Waals surface area contributed by atoms with Gasteiger partial charge in [-0.2, -0.15) is 13.2 Å². The van der Waals surface area contributed by atoms with Crippen molar-refractivity contribution in [2.24, 2.45) is 0 Å². The molecule has 1 saturated carbocycles. The molecule has 2 N–H and O–H groups in total. The van der Waals surface area contributed by atoms with Crippen LogP contribution in [0.1, 0.15) is 49.7 Å². The second-order valence-electron chi connectivity index (χ2n) is 7.06. The number of aliphatic hydroxyl groups excluding tert-OH is 1. The van der Waals surface area contributed by atoms with Crippen LogP contribution in [0.3, 0.4) is 0 Å². The fraction of sp³-hybridized carbons (Fsp3) is 0.667. The summed E-state index contributed by atoms with van der Waals surface area (Å²) in [5, 5.41) is 21.0. The second kappa shape index (κ2) is 6.65. The maximum atomic E-state index is 12.7. The van der Waals surface area contributed by atoms with Gasteiger partial charge in [0.1, 0.15) is 0 Å². The Kier molecular flexibility index (Phi) is 4.91. The van der Waals surface area contributed by atoms with E-state index in [9.17, 15) is 23.4 Å². The van der Waals surface area contributed by atoms with E-state index in [1.807, 2.05) is 0 Å². The normalized spacial score (nSPS) is 28.7. The van der Waals surface area contributed by atoms with Crippen molar-refractivity contribution in [2.45, 2.75) is 62.4 Å². The molecule has 0 amide bonds. The van der Waals surface area contributed by atoms with Gasteiger partial charge in [-0.05, 0) is 43.4 Å². The zero-order valence-corrected chi connectivity index (χ0v) is 13.6. The van der Waals surface area contributed by atoms with Gasteiger partial charge >= 0.3 is 6.18 Å². The SMILES string of the molecule is OC1CCCCC1N1CCC(O)(c2ccc(C(F)(F)F)cc2)CC1. The molecule has 1 aromatic carbocycles. The summed E-state index contributed by atoms with van der Waals surface area (Å²) < 4.78 is 38.0. The van der Waals surface area contributed by atoms with E-state index in [-0.39, 0.29) is 12.1 Å². The maximum absolute atomic E-state index is 12.7. The highest BCUT2D eigenvalue weighted by Gasteiger charge is 2.39. The summed E-state index contributed by atoms with van der Waals surface area (Å²) in [6, 6.07) is 4.98. The van der Waals surface area contributed by atoms with Crippen molar-refractivity contribution in [2.75, 3.05) is 13.1 Å². The third-order valence-corrected chi connectivity index (χ3v) is 5.54. The van der Waals surface area contributed by atoms with Crippen LogP contribution in [0.5, 0.6) is 0 Å². The average molecular weight is 343 g/mol. The number of hydrogen-bond donors (Lipinski definition) is 2. The highest BCUT2D eigenvalue weighted by molar-refractivity contribution is 5.29. The molecule has 0 aromatic heterocycles. The highest BCUT2D eigenvalue weighted by Crippen LogP contribution is 2.37. The highest BCUT2D eigenvalue weighted by atomic mass is 19.4. The molecule has 1 aliphatic carbocycles. The number of halogens is 3. The monoisotopic (exact) mass is 343 g/mol. The molecule has 2 fully saturated rings. The zero-order valence-electron chi connectivity index (χ0n) is 13.6. The molecule has 3 rings (SSSR count). The van der Waals surface area contributed by atoms with Crippen LogP contribution in [0.25, 0.3) is 0 Å². The van der Waals surface area contributed by atoms with Crippen molar-refractivity contribution >= 4 is 0 Å². The van der Waals surface area contributed by atoms with Gasteiger partial charge in [0.25, 0.3) is 0 Å². The van der Waals surface area contributed by atoms with Gasteiger partial charge in [0.05, 0.1) is 17.3 Å². The minimum Gasteiger partial charge on any atom is -0.391 e. The van der Waals surface area contributed by atoms with Crippen LogP contribution >= 0.6 is 0 Å². The van der Waals surface area contributed by atoms with Gasteiger partial charge in [0, 0.05) is 19.1 Å². The van der Waals surface area contributed by atoms with Gasteiger partial charge in [-0.3, -0.25) is 4.90 Å². The molecule has 134 valence electrons. The molecule has 2 aliphatic rings. The van der Waals surface area contributed by atoms with Gasteiger partial charge in [0.2, 0.25) is 0 Å². The Labute approximate surface area is 140 Å². The molecule has 1 aliphatic heterocycles. The molecule has 1 saturated heterocycles. The lowest BCUT2D eigenvalue weighted by atomic mass is 9.82. The zero-order chi connectivity index (χ0) is 17.4. The molecule has 1 heterocycles. The molecule has 0 radical (unpaired) electrons. The minimum absolute atomic E-state index is 0.149. The number of rotatable bonds is 2. The molecule has 2 unspecified atom stereocenters. The van der Waals surface area contributed by atoms with E-state index in [0.717, 1.165) is 37.8 Å². The molecule has 24 heavy (non-hydrogen) atoms. The summed E-state index contributed by atoms with van der Waals surface area (Å²) in [5.74, 6) is 0. The lowest BCUT2D eigenvalue weighted by Gasteiger charge is -2.44. The first-order valence-electron chi connectivity index (χ1n) is 8.62. The predicted molar refractivity (Wildman–Crippen MR) is 84.4 cm³/mol. The molecule has 6 heteroatoms. The summed E-state index contributed by atoms with van der Waals surface area (Å²) in [6.07, 6.45) is 0.244. The third kappa shape index (κ3) is 3.60. The first-order chi connectivity index (χ1) is 11.3. The fourth-order valence-electron chi connectivity index (χ4n) is 4.00. The molecular weight excluding hydrogens is 319 g/mol. The fourth-order valence-corrected chi connectivity index (χ4v) is 4.00. The number of aliphatic hydroxyl groups is 2. The van der Waals surface area contributed by atoms with E-state index in [4.69, 9.17) is 0 Å². The average Bonchev–Trinajstić information content (AvgIpc) is 2.56. The first-order valence-corrected chi connectivity index (χ1v) is 8.62. The van der Waals surface area contributed by atoms with Crippen LogP contribution in [0.4, 0.5) is 13.2 Å².